The van der Waals surface area contributed by atoms with Gasteiger partial charge in [0, 0.05) is 6.42 Å². The van der Waals surface area contributed by atoms with Gasteiger partial charge in [-0.15, -0.1) is 22.7 Å². The zero-order valence-electron chi connectivity index (χ0n) is 11.6. The predicted molar refractivity (Wildman–Crippen MR) is 84.3 cm³/mol. The number of likely N-dealkylation sites (N-methyl/N-ethyl adjacent to an activating group) is 1. The second-order valence-corrected chi connectivity index (χ2v) is 7.19. The second-order valence-electron chi connectivity index (χ2n) is 5.14. The van der Waals surface area contributed by atoms with Gasteiger partial charge in [0.15, 0.2) is 0 Å². The number of carbonyl (C=O) groups excluding carboxylic acids is 2. The molecule has 0 saturated heterocycles. The summed E-state index contributed by atoms with van der Waals surface area (Å²) in [5.41, 5.74) is 7.03. The van der Waals surface area contributed by atoms with Gasteiger partial charge < -0.3 is 16.0 Å². The number of anilines is 1. The van der Waals surface area contributed by atoms with E-state index in [1.807, 2.05) is 11.4 Å². The molecule has 0 bridgehead atoms. The van der Waals surface area contributed by atoms with E-state index in [0.717, 1.165) is 30.0 Å². The molecule has 21 heavy (non-hydrogen) atoms. The van der Waals surface area contributed by atoms with Gasteiger partial charge in [0.05, 0.1) is 28.9 Å². The number of quaternary nitrogens is 1. The third-order valence-electron chi connectivity index (χ3n) is 3.57. The Balaban J connectivity index is 1.95. The van der Waals surface area contributed by atoms with Crippen molar-refractivity contribution < 1.29 is 14.5 Å². The molecule has 110 valence electrons. The number of hydrogen-bond donors (Lipinski definition) is 3. The van der Waals surface area contributed by atoms with Gasteiger partial charge in [-0.2, -0.15) is 0 Å². The SMILES string of the molecule is C[NH+]1CCc2c(sc(NC(=O)c3cccs3)c2C(N)=O)C1. The lowest BCUT2D eigenvalue weighted by molar-refractivity contribution is -0.895. The van der Waals surface area contributed by atoms with Crippen LogP contribution in [-0.2, 0) is 13.0 Å². The molecular weight excluding hydrogens is 306 g/mol. The third kappa shape index (κ3) is 2.72. The minimum absolute atomic E-state index is 0.188. The van der Waals surface area contributed by atoms with E-state index in [4.69, 9.17) is 5.73 Å². The summed E-state index contributed by atoms with van der Waals surface area (Å²) in [6.45, 7) is 1.84. The Bertz CT molecular complexity index is 691. The molecule has 4 N–H and O–H groups in total. The van der Waals surface area contributed by atoms with E-state index in [0.29, 0.717) is 15.4 Å². The highest BCUT2D eigenvalue weighted by Gasteiger charge is 2.28. The van der Waals surface area contributed by atoms with Crippen LogP contribution in [0.25, 0.3) is 0 Å². The maximum absolute atomic E-state index is 12.2. The lowest BCUT2D eigenvalue weighted by atomic mass is 10.0. The number of rotatable bonds is 3. The van der Waals surface area contributed by atoms with Crippen LogP contribution in [0.4, 0.5) is 5.00 Å². The van der Waals surface area contributed by atoms with Crippen molar-refractivity contribution in [1.82, 2.24) is 0 Å². The molecule has 1 aliphatic heterocycles. The minimum Gasteiger partial charge on any atom is -0.365 e. The summed E-state index contributed by atoms with van der Waals surface area (Å²) in [5.74, 6) is -0.652. The Morgan fingerprint density at radius 2 is 2.24 bits per heavy atom. The van der Waals surface area contributed by atoms with Gasteiger partial charge in [0.25, 0.3) is 11.8 Å². The van der Waals surface area contributed by atoms with Crippen molar-refractivity contribution in [3.63, 3.8) is 0 Å². The smallest absolute Gasteiger partial charge is 0.266 e. The first-order valence-corrected chi connectivity index (χ1v) is 8.36. The van der Waals surface area contributed by atoms with Crippen LogP contribution in [-0.4, -0.2) is 25.4 Å². The van der Waals surface area contributed by atoms with Crippen LogP contribution in [0.3, 0.4) is 0 Å². The first-order valence-electron chi connectivity index (χ1n) is 6.66. The number of fused-ring (bicyclic) bond motifs is 1. The van der Waals surface area contributed by atoms with Gasteiger partial charge in [-0.1, -0.05) is 6.07 Å². The number of hydrogen-bond acceptors (Lipinski definition) is 4. The average molecular weight is 322 g/mol. The van der Waals surface area contributed by atoms with Crippen molar-refractivity contribution in [2.75, 3.05) is 18.9 Å². The Kier molecular flexibility index (Phi) is 3.79. The van der Waals surface area contributed by atoms with Crippen LogP contribution < -0.4 is 16.0 Å². The number of nitrogens with two attached hydrogens (primary N) is 1. The molecule has 0 aliphatic carbocycles. The highest BCUT2D eigenvalue weighted by atomic mass is 32.1. The van der Waals surface area contributed by atoms with Crippen molar-refractivity contribution in [3.05, 3.63) is 38.4 Å². The Labute approximate surface area is 130 Å². The number of carbonyl (C=O) groups is 2. The molecule has 3 heterocycles. The molecule has 5 nitrogen and oxygen atoms in total. The lowest BCUT2D eigenvalue weighted by Gasteiger charge is -2.19. The summed E-state index contributed by atoms with van der Waals surface area (Å²) < 4.78 is 0. The standard InChI is InChI=1S/C14H15N3O2S2/c1-17-5-4-8-10(7-17)21-14(11(8)12(15)18)16-13(19)9-3-2-6-20-9/h2-3,6H,4-5,7H2,1H3,(H2,15,18)(H,16,19)/p+1. The van der Waals surface area contributed by atoms with Gasteiger partial charge in [-0.05, 0) is 17.0 Å². The third-order valence-corrected chi connectivity index (χ3v) is 5.59. The van der Waals surface area contributed by atoms with E-state index in [-0.39, 0.29) is 5.91 Å². The van der Waals surface area contributed by atoms with Crippen LogP contribution in [0.5, 0.6) is 0 Å². The van der Waals surface area contributed by atoms with Crippen LogP contribution in [0, 0.1) is 0 Å². The van der Waals surface area contributed by atoms with E-state index in [1.54, 1.807) is 6.07 Å². The van der Waals surface area contributed by atoms with Crippen molar-refractivity contribution >= 4 is 39.5 Å². The molecule has 2 aromatic heterocycles. The minimum atomic E-state index is -0.464. The zero-order chi connectivity index (χ0) is 15.0. The maximum atomic E-state index is 12.2. The Morgan fingerprint density at radius 3 is 2.90 bits per heavy atom. The monoisotopic (exact) mass is 322 g/mol. The fourth-order valence-corrected chi connectivity index (χ4v) is 4.52. The van der Waals surface area contributed by atoms with Crippen molar-refractivity contribution in [2.45, 2.75) is 13.0 Å². The molecule has 7 heteroatoms. The Hall–Kier alpha value is -1.70. The van der Waals surface area contributed by atoms with E-state index < -0.39 is 5.91 Å². The topological polar surface area (TPSA) is 76.6 Å². The molecule has 2 aromatic rings. The number of nitrogens with one attached hydrogen (secondary N) is 2. The van der Waals surface area contributed by atoms with Gasteiger partial charge in [-0.25, -0.2) is 0 Å². The first kappa shape index (κ1) is 14.2. The van der Waals surface area contributed by atoms with Gasteiger partial charge in [-0.3, -0.25) is 9.59 Å². The number of primary amides is 1. The number of amides is 2. The summed E-state index contributed by atoms with van der Waals surface area (Å²) in [6, 6.07) is 3.59. The molecule has 0 radical (unpaired) electrons. The molecule has 0 aromatic carbocycles. The molecule has 0 saturated carbocycles. The van der Waals surface area contributed by atoms with E-state index in [2.05, 4.69) is 12.4 Å². The fraction of sp³-hybridized carbons (Fsp3) is 0.286. The molecular formula is C14H16N3O2S2+. The molecule has 1 unspecified atom stereocenters. The van der Waals surface area contributed by atoms with Crippen LogP contribution in [0.1, 0.15) is 30.5 Å². The van der Waals surface area contributed by atoms with E-state index >= 15 is 0 Å². The van der Waals surface area contributed by atoms with Crippen LogP contribution in [0.15, 0.2) is 17.5 Å². The fourth-order valence-electron chi connectivity index (χ4n) is 2.54. The van der Waals surface area contributed by atoms with Crippen LogP contribution >= 0.6 is 22.7 Å². The summed E-state index contributed by atoms with van der Waals surface area (Å²) in [6.07, 6.45) is 0.824. The first-order chi connectivity index (χ1) is 10.1. The molecule has 1 atom stereocenters. The molecule has 1 aliphatic rings. The molecule has 0 fully saturated rings. The van der Waals surface area contributed by atoms with Crippen LogP contribution in [0.2, 0.25) is 0 Å². The van der Waals surface area contributed by atoms with Gasteiger partial charge in [0.2, 0.25) is 0 Å². The van der Waals surface area contributed by atoms with E-state index in [1.165, 1.54) is 27.6 Å². The van der Waals surface area contributed by atoms with Crippen molar-refractivity contribution in [3.8, 4) is 0 Å². The molecule has 0 spiro atoms. The second kappa shape index (κ2) is 5.59. The zero-order valence-corrected chi connectivity index (χ0v) is 13.2. The molecule has 2 amide bonds. The van der Waals surface area contributed by atoms with Gasteiger partial charge >= 0.3 is 0 Å². The highest BCUT2D eigenvalue weighted by Crippen LogP contribution is 2.34. The normalized spacial score (nSPS) is 17.3. The van der Waals surface area contributed by atoms with E-state index in [9.17, 15) is 9.59 Å². The quantitative estimate of drug-likeness (QED) is 0.779. The van der Waals surface area contributed by atoms with Crippen molar-refractivity contribution in [1.29, 1.82) is 0 Å². The summed E-state index contributed by atoms with van der Waals surface area (Å²) >= 11 is 2.84. The van der Waals surface area contributed by atoms with Crippen molar-refractivity contribution in [2.24, 2.45) is 5.73 Å². The van der Waals surface area contributed by atoms with Gasteiger partial charge in [0.1, 0.15) is 11.5 Å². The Morgan fingerprint density at radius 1 is 1.43 bits per heavy atom. The summed E-state index contributed by atoms with van der Waals surface area (Å²) in [4.78, 5) is 27.1. The predicted octanol–water partition coefficient (Wildman–Crippen LogP) is 0.732. The maximum Gasteiger partial charge on any atom is 0.266 e. The number of thiophene rings is 2. The lowest BCUT2D eigenvalue weighted by Crippen LogP contribution is -3.08. The highest BCUT2D eigenvalue weighted by molar-refractivity contribution is 7.17. The summed E-state index contributed by atoms with van der Waals surface area (Å²) in [5, 5.41) is 5.28. The summed E-state index contributed by atoms with van der Waals surface area (Å²) in [7, 11) is 2.12. The molecule has 3 rings (SSSR count). The largest absolute Gasteiger partial charge is 0.365 e. The average Bonchev–Trinajstić information content (AvgIpc) is 3.04.